The van der Waals surface area contributed by atoms with Crippen LogP contribution in [0.3, 0.4) is 0 Å². The minimum Gasteiger partial charge on any atom is -0.480 e. The molecule has 0 aliphatic carbocycles. The molecule has 0 saturated carbocycles. The smallest absolute Gasteiger partial charge is 0.322 e. The molecular weight excluding hydrogens is 292 g/mol. The van der Waals surface area contributed by atoms with Crippen molar-refractivity contribution in [3.8, 4) is 12.3 Å². The van der Waals surface area contributed by atoms with E-state index in [0.29, 0.717) is 10.8 Å². The predicted molar refractivity (Wildman–Crippen MR) is 76.9 cm³/mol. The molecule has 0 radical (unpaired) electrons. The molecular formula is C14H12N2O4S. The average Bonchev–Trinajstić information content (AvgIpc) is 2.46. The molecule has 1 unspecified atom stereocenters. The van der Waals surface area contributed by atoms with Gasteiger partial charge in [0.25, 0.3) is 0 Å². The largest absolute Gasteiger partial charge is 0.480 e. The molecule has 0 aliphatic heterocycles. The highest BCUT2D eigenvalue weighted by Gasteiger charge is 2.25. The van der Waals surface area contributed by atoms with E-state index in [1.54, 1.807) is 18.2 Å². The van der Waals surface area contributed by atoms with Crippen molar-refractivity contribution >= 4 is 26.8 Å². The summed E-state index contributed by atoms with van der Waals surface area (Å²) in [7, 11) is -4.01. The second kappa shape index (κ2) is 5.91. The standard InChI is InChI=1S/C14H12N2O4S/c1-2-4-12(14(17)18)16-21(19,20)13-6-3-5-10-9-15-8-7-11(10)13/h1,3,5-9,12,16H,4H2,(H,17,18). The zero-order chi connectivity index (χ0) is 15.5. The van der Waals surface area contributed by atoms with Crippen molar-refractivity contribution in [1.82, 2.24) is 9.71 Å². The Morgan fingerprint density at radius 1 is 1.43 bits per heavy atom. The average molecular weight is 304 g/mol. The summed E-state index contributed by atoms with van der Waals surface area (Å²) < 4.78 is 26.9. The summed E-state index contributed by atoms with van der Waals surface area (Å²) in [5, 5.41) is 10.1. The Labute approximate surface area is 121 Å². The number of sulfonamides is 1. The van der Waals surface area contributed by atoms with E-state index in [0.717, 1.165) is 0 Å². The van der Waals surface area contributed by atoms with Crippen LogP contribution in [-0.2, 0) is 14.8 Å². The van der Waals surface area contributed by atoms with Crippen molar-refractivity contribution in [2.75, 3.05) is 0 Å². The molecule has 7 heteroatoms. The number of nitrogens with zero attached hydrogens (tertiary/aromatic N) is 1. The van der Waals surface area contributed by atoms with E-state index in [4.69, 9.17) is 11.5 Å². The lowest BCUT2D eigenvalue weighted by Gasteiger charge is -2.13. The van der Waals surface area contributed by atoms with Gasteiger partial charge in [0.1, 0.15) is 6.04 Å². The van der Waals surface area contributed by atoms with Crippen molar-refractivity contribution in [3.63, 3.8) is 0 Å². The van der Waals surface area contributed by atoms with Crippen LogP contribution in [-0.4, -0.2) is 30.5 Å². The maximum absolute atomic E-state index is 12.4. The molecule has 0 saturated heterocycles. The lowest BCUT2D eigenvalue weighted by atomic mass is 10.2. The van der Waals surface area contributed by atoms with E-state index in [2.05, 4.69) is 15.6 Å². The van der Waals surface area contributed by atoms with E-state index in [1.807, 2.05) is 0 Å². The molecule has 2 aromatic rings. The fourth-order valence-corrected chi connectivity index (χ4v) is 3.29. The fraction of sp³-hybridized carbons (Fsp3) is 0.143. The maximum atomic E-state index is 12.4. The zero-order valence-corrected chi connectivity index (χ0v) is 11.7. The number of hydrogen-bond donors (Lipinski definition) is 2. The first kappa shape index (κ1) is 15.0. The number of carboxylic acid groups (broad SMARTS) is 1. The molecule has 0 spiro atoms. The van der Waals surface area contributed by atoms with Gasteiger partial charge in [-0.05, 0) is 12.1 Å². The highest BCUT2D eigenvalue weighted by Crippen LogP contribution is 2.22. The van der Waals surface area contributed by atoms with Gasteiger partial charge < -0.3 is 5.11 Å². The maximum Gasteiger partial charge on any atom is 0.322 e. The lowest BCUT2D eigenvalue weighted by molar-refractivity contribution is -0.138. The molecule has 0 fully saturated rings. The van der Waals surface area contributed by atoms with Crippen LogP contribution in [0.4, 0.5) is 0 Å². The van der Waals surface area contributed by atoms with Crippen LogP contribution in [0.15, 0.2) is 41.6 Å². The number of hydrogen-bond acceptors (Lipinski definition) is 4. The van der Waals surface area contributed by atoms with Crippen molar-refractivity contribution in [3.05, 3.63) is 36.7 Å². The molecule has 2 N–H and O–H groups in total. The molecule has 1 heterocycles. The van der Waals surface area contributed by atoms with E-state index in [-0.39, 0.29) is 11.3 Å². The molecule has 21 heavy (non-hydrogen) atoms. The van der Waals surface area contributed by atoms with Crippen molar-refractivity contribution < 1.29 is 18.3 Å². The summed E-state index contributed by atoms with van der Waals surface area (Å²) in [6.45, 7) is 0. The Morgan fingerprint density at radius 3 is 2.86 bits per heavy atom. The van der Waals surface area contributed by atoms with Crippen LogP contribution in [0.1, 0.15) is 6.42 Å². The second-order valence-electron chi connectivity index (χ2n) is 4.27. The predicted octanol–water partition coefficient (Wildman–Crippen LogP) is 0.990. The van der Waals surface area contributed by atoms with Crippen LogP contribution >= 0.6 is 0 Å². The Morgan fingerprint density at radius 2 is 2.19 bits per heavy atom. The van der Waals surface area contributed by atoms with Gasteiger partial charge in [-0.1, -0.05) is 12.1 Å². The number of pyridine rings is 1. The molecule has 6 nitrogen and oxygen atoms in total. The van der Waals surface area contributed by atoms with Crippen LogP contribution < -0.4 is 4.72 Å². The van der Waals surface area contributed by atoms with Crippen molar-refractivity contribution in [1.29, 1.82) is 0 Å². The number of carboxylic acids is 1. The number of rotatable bonds is 5. The van der Waals surface area contributed by atoms with Gasteiger partial charge >= 0.3 is 5.97 Å². The number of terminal acetylenes is 1. The fourth-order valence-electron chi connectivity index (χ4n) is 1.88. The molecule has 0 amide bonds. The minimum absolute atomic E-state index is 0.00864. The molecule has 0 aliphatic rings. The summed E-state index contributed by atoms with van der Waals surface area (Å²) in [5.41, 5.74) is 0. The molecule has 2 rings (SSSR count). The molecule has 0 bridgehead atoms. The van der Waals surface area contributed by atoms with E-state index < -0.39 is 22.0 Å². The molecule has 108 valence electrons. The summed E-state index contributed by atoms with van der Waals surface area (Å²) >= 11 is 0. The highest BCUT2D eigenvalue weighted by atomic mass is 32.2. The summed E-state index contributed by atoms with van der Waals surface area (Å²) in [6, 6.07) is 4.88. The van der Waals surface area contributed by atoms with Crippen molar-refractivity contribution in [2.24, 2.45) is 0 Å². The van der Waals surface area contributed by atoms with Gasteiger partial charge in [-0.3, -0.25) is 9.78 Å². The molecule has 1 aromatic heterocycles. The normalized spacial score (nSPS) is 12.7. The number of aliphatic carboxylic acids is 1. The van der Waals surface area contributed by atoms with E-state index in [1.165, 1.54) is 18.5 Å². The first-order valence-corrected chi connectivity index (χ1v) is 7.45. The Bertz CT molecular complexity index is 819. The third-order valence-corrected chi connectivity index (χ3v) is 4.38. The lowest BCUT2D eigenvalue weighted by Crippen LogP contribution is -2.40. The van der Waals surface area contributed by atoms with Crippen LogP contribution in [0.5, 0.6) is 0 Å². The van der Waals surface area contributed by atoms with Gasteiger partial charge in [0.15, 0.2) is 0 Å². The minimum atomic E-state index is -4.01. The van der Waals surface area contributed by atoms with E-state index >= 15 is 0 Å². The zero-order valence-electron chi connectivity index (χ0n) is 10.9. The quantitative estimate of drug-likeness (QED) is 0.803. The Hall–Kier alpha value is -2.43. The third-order valence-electron chi connectivity index (χ3n) is 2.85. The third kappa shape index (κ3) is 3.18. The number of carbonyl (C=O) groups is 1. The van der Waals surface area contributed by atoms with Gasteiger partial charge in [0.2, 0.25) is 10.0 Å². The first-order valence-electron chi connectivity index (χ1n) is 5.97. The van der Waals surface area contributed by atoms with Crippen LogP contribution in [0, 0.1) is 12.3 Å². The first-order chi connectivity index (χ1) is 9.95. The van der Waals surface area contributed by atoms with Crippen molar-refractivity contribution in [2.45, 2.75) is 17.4 Å². The monoisotopic (exact) mass is 304 g/mol. The number of nitrogens with one attached hydrogen (secondary N) is 1. The van der Waals surface area contributed by atoms with Gasteiger partial charge in [0.05, 0.1) is 4.90 Å². The second-order valence-corrected chi connectivity index (χ2v) is 5.96. The number of benzene rings is 1. The van der Waals surface area contributed by atoms with Crippen LogP contribution in [0.25, 0.3) is 10.8 Å². The molecule has 1 atom stereocenters. The van der Waals surface area contributed by atoms with Gasteiger partial charge in [-0.25, -0.2) is 8.42 Å². The summed E-state index contributed by atoms with van der Waals surface area (Å²) in [5.74, 6) is 0.822. The van der Waals surface area contributed by atoms with Crippen LogP contribution in [0.2, 0.25) is 0 Å². The Kier molecular flexibility index (Phi) is 4.21. The van der Waals surface area contributed by atoms with E-state index in [9.17, 15) is 13.2 Å². The highest BCUT2D eigenvalue weighted by molar-refractivity contribution is 7.89. The topological polar surface area (TPSA) is 96.4 Å². The summed E-state index contributed by atoms with van der Waals surface area (Å²) in [4.78, 5) is 14.9. The number of fused-ring (bicyclic) bond motifs is 1. The SMILES string of the molecule is C#CCC(NS(=O)(=O)c1cccc2cnccc12)C(=O)O. The number of aromatic nitrogens is 1. The van der Waals surface area contributed by atoms with Gasteiger partial charge in [0, 0.05) is 29.6 Å². The summed E-state index contributed by atoms with van der Waals surface area (Å²) in [6.07, 6.45) is 7.83. The van der Waals surface area contributed by atoms with Gasteiger partial charge in [-0.2, -0.15) is 4.72 Å². The Balaban J connectivity index is 2.47. The van der Waals surface area contributed by atoms with Gasteiger partial charge in [-0.15, -0.1) is 12.3 Å². The molecule has 1 aromatic carbocycles.